The minimum Gasteiger partial charge on any atom is -0.468 e. The number of ether oxygens (including phenoxy) is 1. The number of anilines is 2. The number of halogens is 2. The topological polar surface area (TPSA) is 67.4 Å². The molecule has 1 heterocycles. The van der Waals surface area contributed by atoms with Gasteiger partial charge in [0.05, 0.1) is 5.69 Å². The van der Waals surface area contributed by atoms with Crippen molar-refractivity contribution in [2.75, 3.05) is 10.6 Å². The van der Waals surface area contributed by atoms with Crippen molar-refractivity contribution >= 4 is 23.2 Å². The molecule has 2 aromatic rings. The second-order valence-corrected chi connectivity index (χ2v) is 4.57. The van der Waals surface area contributed by atoms with Crippen molar-refractivity contribution in [2.45, 2.75) is 6.10 Å². The summed E-state index contributed by atoms with van der Waals surface area (Å²) in [5.74, 6) is -3.25. The summed E-state index contributed by atoms with van der Waals surface area (Å²) in [5.41, 5.74) is -0.198. The molecular formula is C15H10F2N2O3. The van der Waals surface area contributed by atoms with Crippen molar-refractivity contribution in [2.24, 2.45) is 0 Å². The minimum atomic E-state index is -1.53. The number of nitrogens with one attached hydrogen (secondary N) is 2. The zero-order valence-corrected chi connectivity index (χ0v) is 11.1. The van der Waals surface area contributed by atoms with Gasteiger partial charge in [0, 0.05) is 0 Å². The van der Waals surface area contributed by atoms with Gasteiger partial charge in [-0.25, -0.2) is 8.78 Å². The Kier molecular flexibility index (Phi) is 3.46. The van der Waals surface area contributed by atoms with Gasteiger partial charge < -0.3 is 15.4 Å². The van der Waals surface area contributed by atoms with E-state index in [4.69, 9.17) is 4.74 Å². The van der Waals surface area contributed by atoms with E-state index in [-0.39, 0.29) is 0 Å². The standard InChI is InChI=1S/C15H10F2N2O3/c16-8-4-3-5-9(17)12(8)19-15(21)13-14(20)18-10-6-1-2-7-11(10)22-13/h1-7,13H,(H,18,20)(H,19,21). The van der Waals surface area contributed by atoms with Gasteiger partial charge in [-0.1, -0.05) is 18.2 Å². The molecule has 0 fully saturated rings. The maximum Gasteiger partial charge on any atom is 0.275 e. The molecule has 2 N–H and O–H groups in total. The lowest BCUT2D eigenvalue weighted by Gasteiger charge is -2.24. The van der Waals surface area contributed by atoms with Gasteiger partial charge in [0.2, 0.25) is 0 Å². The Hall–Kier alpha value is -2.96. The zero-order valence-electron chi connectivity index (χ0n) is 11.1. The first-order valence-electron chi connectivity index (χ1n) is 6.37. The maximum absolute atomic E-state index is 13.5. The molecule has 1 aliphatic rings. The molecular weight excluding hydrogens is 294 g/mol. The monoisotopic (exact) mass is 304 g/mol. The number of carbonyl (C=O) groups excluding carboxylic acids is 2. The SMILES string of the molecule is O=C1Nc2ccccc2OC1C(=O)Nc1c(F)cccc1F. The Morgan fingerprint density at radius 2 is 1.77 bits per heavy atom. The first-order valence-corrected chi connectivity index (χ1v) is 6.37. The number of hydrogen-bond acceptors (Lipinski definition) is 3. The fourth-order valence-corrected chi connectivity index (χ4v) is 2.03. The highest BCUT2D eigenvalue weighted by Crippen LogP contribution is 2.29. The molecule has 0 aromatic heterocycles. The summed E-state index contributed by atoms with van der Waals surface area (Å²) in [6.07, 6.45) is -1.53. The molecule has 22 heavy (non-hydrogen) atoms. The number of benzene rings is 2. The number of carbonyl (C=O) groups is 2. The molecule has 5 nitrogen and oxygen atoms in total. The van der Waals surface area contributed by atoms with Gasteiger partial charge in [-0.3, -0.25) is 9.59 Å². The highest BCUT2D eigenvalue weighted by Gasteiger charge is 2.34. The van der Waals surface area contributed by atoms with Gasteiger partial charge in [-0.15, -0.1) is 0 Å². The van der Waals surface area contributed by atoms with E-state index in [0.29, 0.717) is 11.4 Å². The van der Waals surface area contributed by atoms with Crippen LogP contribution in [0.4, 0.5) is 20.2 Å². The number of hydrogen-bond donors (Lipinski definition) is 2. The van der Waals surface area contributed by atoms with E-state index in [2.05, 4.69) is 5.32 Å². The summed E-state index contributed by atoms with van der Waals surface area (Å²) in [5, 5.41) is 4.53. The summed E-state index contributed by atoms with van der Waals surface area (Å²) in [6.45, 7) is 0. The molecule has 3 rings (SSSR count). The highest BCUT2D eigenvalue weighted by atomic mass is 19.1. The molecule has 0 bridgehead atoms. The maximum atomic E-state index is 13.5. The Morgan fingerprint density at radius 3 is 2.50 bits per heavy atom. The summed E-state index contributed by atoms with van der Waals surface area (Å²) in [6, 6.07) is 9.70. The van der Waals surface area contributed by atoms with Crippen LogP contribution in [0.5, 0.6) is 5.75 Å². The third-order valence-electron chi connectivity index (χ3n) is 3.08. The summed E-state index contributed by atoms with van der Waals surface area (Å²) in [4.78, 5) is 23.9. The van der Waals surface area contributed by atoms with Crippen molar-refractivity contribution in [1.82, 2.24) is 0 Å². The van der Waals surface area contributed by atoms with Gasteiger partial charge in [0.15, 0.2) is 0 Å². The Labute approximate surface area is 123 Å². The van der Waals surface area contributed by atoms with Crippen LogP contribution < -0.4 is 15.4 Å². The number of rotatable bonds is 2. The minimum absolute atomic E-state index is 0.302. The predicted octanol–water partition coefficient (Wildman–Crippen LogP) is 2.30. The van der Waals surface area contributed by atoms with E-state index in [1.807, 2.05) is 5.32 Å². The van der Waals surface area contributed by atoms with E-state index in [1.165, 1.54) is 6.07 Å². The number of para-hydroxylation sites is 3. The molecule has 112 valence electrons. The van der Waals surface area contributed by atoms with Crippen molar-refractivity contribution < 1.29 is 23.1 Å². The smallest absolute Gasteiger partial charge is 0.275 e. The largest absolute Gasteiger partial charge is 0.468 e. The van der Waals surface area contributed by atoms with Crippen LogP contribution >= 0.6 is 0 Å². The summed E-state index contributed by atoms with van der Waals surface area (Å²) < 4.78 is 32.3. The molecule has 2 aromatic carbocycles. The van der Waals surface area contributed by atoms with Crippen LogP contribution in [-0.4, -0.2) is 17.9 Å². The molecule has 7 heteroatoms. The summed E-state index contributed by atoms with van der Waals surface area (Å²) in [7, 11) is 0. The molecule has 0 saturated heterocycles. The highest BCUT2D eigenvalue weighted by molar-refractivity contribution is 6.15. The molecule has 0 saturated carbocycles. The van der Waals surface area contributed by atoms with Gasteiger partial charge in [0.25, 0.3) is 17.9 Å². The van der Waals surface area contributed by atoms with Crippen LogP contribution in [0.3, 0.4) is 0 Å². The van der Waals surface area contributed by atoms with Crippen molar-refractivity contribution in [3.05, 3.63) is 54.1 Å². The second-order valence-electron chi connectivity index (χ2n) is 4.57. The van der Waals surface area contributed by atoms with Crippen LogP contribution in [0.25, 0.3) is 0 Å². The molecule has 2 amide bonds. The molecule has 0 radical (unpaired) electrons. The van der Waals surface area contributed by atoms with E-state index in [0.717, 1.165) is 12.1 Å². The lowest BCUT2D eigenvalue weighted by molar-refractivity contribution is -0.133. The number of fused-ring (bicyclic) bond motifs is 1. The van der Waals surface area contributed by atoms with Crippen LogP contribution in [0.2, 0.25) is 0 Å². The Morgan fingerprint density at radius 1 is 1.09 bits per heavy atom. The van der Waals surface area contributed by atoms with Gasteiger partial charge in [-0.2, -0.15) is 0 Å². The van der Waals surface area contributed by atoms with Crippen LogP contribution in [-0.2, 0) is 9.59 Å². The van der Waals surface area contributed by atoms with Gasteiger partial charge in [0.1, 0.15) is 23.1 Å². The second kappa shape index (κ2) is 5.44. The van der Waals surface area contributed by atoms with Crippen LogP contribution in [0, 0.1) is 11.6 Å². The average Bonchev–Trinajstić information content (AvgIpc) is 2.50. The first-order chi connectivity index (χ1) is 10.6. The normalized spacial score (nSPS) is 16.3. The molecule has 1 atom stereocenters. The van der Waals surface area contributed by atoms with E-state index in [1.54, 1.807) is 24.3 Å². The van der Waals surface area contributed by atoms with Crippen LogP contribution in [0.1, 0.15) is 0 Å². The number of amides is 2. The molecule has 1 aliphatic heterocycles. The lowest BCUT2D eigenvalue weighted by atomic mass is 10.2. The van der Waals surface area contributed by atoms with E-state index >= 15 is 0 Å². The fraction of sp³-hybridized carbons (Fsp3) is 0.0667. The molecule has 0 aliphatic carbocycles. The van der Waals surface area contributed by atoms with E-state index in [9.17, 15) is 18.4 Å². The van der Waals surface area contributed by atoms with E-state index < -0.39 is 35.2 Å². The third kappa shape index (κ3) is 2.48. The molecule has 0 spiro atoms. The van der Waals surface area contributed by atoms with Gasteiger partial charge in [-0.05, 0) is 24.3 Å². The van der Waals surface area contributed by atoms with Gasteiger partial charge >= 0.3 is 0 Å². The Bertz CT molecular complexity index is 744. The van der Waals surface area contributed by atoms with Crippen LogP contribution in [0.15, 0.2) is 42.5 Å². The lowest BCUT2D eigenvalue weighted by Crippen LogP contribution is -2.45. The fourth-order valence-electron chi connectivity index (χ4n) is 2.03. The quantitative estimate of drug-likeness (QED) is 0.837. The average molecular weight is 304 g/mol. The predicted molar refractivity (Wildman–Crippen MR) is 74.5 cm³/mol. The van der Waals surface area contributed by atoms with Crippen molar-refractivity contribution in [3.63, 3.8) is 0 Å². The Balaban J connectivity index is 1.83. The van der Waals surface area contributed by atoms with Crippen molar-refractivity contribution in [3.8, 4) is 5.75 Å². The van der Waals surface area contributed by atoms with Crippen molar-refractivity contribution in [1.29, 1.82) is 0 Å². The first kappa shape index (κ1) is 14.0. The zero-order chi connectivity index (χ0) is 15.7. The third-order valence-corrected chi connectivity index (χ3v) is 3.08. The summed E-state index contributed by atoms with van der Waals surface area (Å²) >= 11 is 0. The molecule has 1 unspecified atom stereocenters.